The molecular formula is C31H22N2O. The highest BCUT2D eigenvalue weighted by Crippen LogP contribution is 2.37. The second kappa shape index (κ2) is 10.6. The number of allylic oxidation sites excluding steroid dienone is 1. The van der Waals surface area contributed by atoms with E-state index in [4.69, 9.17) is 15.3 Å². The molecule has 0 aromatic heterocycles. The van der Waals surface area contributed by atoms with E-state index in [1.54, 1.807) is 13.2 Å². The number of hydrogen-bond donors (Lipinski definition) is 0. The van der Waals surface area contributed by atoms with Crippen LogP contribution >= 0.6 is 0 Å². The normalized spacial score (nSPS) is 10.9. The fraction of sp³-hybridized carbons (Fsp3) is 0.0323. The van der Waals surface area contributed by atoms with Gasteiger partial charge >= 0.3 is 0 Å². The number of benzene rings is 4. The molecule has 0 unspecified atom stereocenters. The number of rotatable bonds is 6. The minimum Gasteiger partial charge on any atom is -0.497 e. The average molecular weight is 439 g/mol. The summed E-state index contributed by atoms with van der Waals surface area (Å²) < 4.78 is 5.38. The molecule has 0 amide bonds. The second-order valence-electron chi connectivity index (χ2n) is 7.61. The molecule has 3 nitrogen and oxygen atoms in total. The highest BCUT2D eigenvalue weighted by molar-refractivity contribution is 6.04. The van der Waals surface area contributed by atoms with E-state index >= 15 is 0 Å². The summed E-state index contributed by atoms with van der Waals surface area (Å²) in [6, 6.07) is 40.5. The van der Waals surface area contributed by atoms with Crippen LogP contribution in [0.25, 0.3) is 17.2 Å². The van der Waals surface area contributed by atoms with E-state index in [1.165, 1.54) is 0 Å². The third kappa shape index (κ3) is 4.96. The maximum atomic E-state index is 9.08. The van der Waals surface area contributed by atoms with Crippen molar-refractivity contribution in [1.82, 2.24) is 0 Å². The van der Waals surface area contributed by atoms with Crippen molar-refractivity contribution in [3.05, 3.63) is 143 Å². The summed E-state index contributed by atoms with van der Waals surface area (Å²) in [5.41, 5.74) is 7.39. The van der Waals surface area contributed by atoms with Gasteiger partial charge in [0.05, 0.1) is 7.11 Å². The lowest BCUT2D eigenvalue weighted by Crippen LogP contribution is -1.98. The summed E-state index contributed by atoms with van der Waals surface area (Å²) in [5.74, 6) is 0.805. The molecule has 34 heavy (non-hydrogen) atoms. The van der Waals surface area contributed by atoms with Crippen LogP contribution in [-0.4, -0.2) is 7.11 Å². The Hall–Kier alpha value is -4.86. The molecule has 0 spiro atoms. The molecule has 0 atom stereocenters. The molecule has 0 aliphatic heterocycles. The van der Waals surface area contributed by atoms with Gasteiger partial charge in [-0.1, -0.05) is 97.1 Å². The standard InChI is InChI=1S/C31H22N2O/c1-34-29-18-16-28(17-19-29)31(26-10-6-3-7-11-26)30(25-8-4-2-5-9-25)27-14-12-23(13-15-27)20-24(21-32)22-33/h2-20H,1H3/b31-30+. The predicted octanol–water partition coefficient (Wildman–Crippen LogP) is 7.13. The van der Waals surface area contributed by atoms with E-state index in [1.807, 2.05) is 84.9 Å². The number of ether oxygens (including phenoxy) is 1. The first-order chi connectivity index (χ1) is 16.7. The Kier molecular flexibility index (Phi) is 6.99. The molecule has 0 N–H and O–H groups in total. The molecule has 0 aliphatic carbocycles. The highest BCUT2D eigenvalue weighted by atomic mass is 16.5. The summed E-state index contributed by atoms with van der Waals surface area (Å²) >= 11 is 0. The second-order valence-corrected chi connectivity index (χ2v) is 7.61. The molecule has 162 valence electrons. The molecule has 0 saturated heterocycles. The maximum absolute atomic E-state index is 9.08. The molecule has 4 aromatic carbocycles. The monoisotopic (exact) mass is 438 g/mol. The van der Waals surface area contributed by atoms with E-state index in [0.29, 0.717) is 0 Å². The Morgan fingerprint density at radius 1 is 0.588 bits per heavy atom. The zero-order valence-electron chi connectivity index (χ0n) is 18.8. The lowest BCUT2D eigenvalue weighted by atomic mass is 9.85. The molecule has 0 aliphatic rings. The summed E-state index contributed by atoms with van der Waals surface area (Å²) in [6.07, 6.45) is 1.59. The van der Waals surface area contributed by atoms with Gasteiger partial charge in [-0.25, -0.2) is 0 Å². The highest BCUT2D eigenvalue weighted by Gasteiger charge is 2.16. The van der Waals surface area contributed by atoms with Crippen LogP contribution in [0.2, 0.25) is 0 Å². The molecule has 0 radical (unpaired) electrons. The van der Waals surface area contributed by atoms with Crippen molar-refractivity contribution in [1.29, 1.82) is 10.5 Å². The maximum Gasteiger partial charge on any atom is 0.130 e. The van der Waals surface area contributed by atoms with Crippen molar-refractivity contribution in [2.75, 3.05) is 7.11 Å². The van der Waals surface area contributed by atoms with E-state index in [2.05, 4.69) is 36.4 Å². The quantitative estimate of drug-likeness (QED) is 0.238. The average Bonchev–Trinajstić information content (AvgIpc) is 2.92. The van der Waals surface area contributed by atoms with E-state index in [0.717, 1.165) is 44.7 Å². The van der Waals surface area contributed by atoms with Crippen molar-refractivity contribution < 1.29 is 4.74 Å². The molecule has 0 saturated carbocycles. The van der Waals surface area contributed by atoms with Crippen LogP contribution in [0.3, 0.4) is 0 Å². The molecular weight excluding hydrogens is 416 g/mol. The summed E-state index contributed by atoms with van der Waals surface area (Å²) in [6.45, 7) is 0. The Morgan fingerprint density at radius 3 is 1.41 bits per heavy atom. The largest absolute Gasteiger partial charge is 0.497 e. The molecule has 0 fully saturated rings. The van der Waals surface area contributed by atoms with Gasteiger partial charge in [0.2, 0.25) is 0 Å². The first-order valence-electron chi connectivity index (χ1n) is 10.9. The smallest absolute Gasteiger partial charge is 0.130 e. The van der Waals surface area contributed by atoms with Gasteiger partial charge in [0, 0.05) is 0 Å². The van der Waals surface area contributed by atoms with E-state index in [9.17, 15) is 0 Å². The molecule has 4 aromatic rings. The van der Waals surface area contributed by atoms with Crippen molar-refractivity contribution in [2.24, 2.45) is 0 Å². The van der Waals surface area contributed by atoms with Crippen molar-refractivity contribution in [3.63, 3.8) is 0 Å². The summed E-state index contributed by atoms with van der Waals surface area (Å²) in [5, 5.41) is 18.2. The Balaban J connectivity index is 1.98. The fourth-order valence-electron chi connectivity index (χ4n) is 3.88. The van der Waals surface area contributed by atoms with Gasteiger partial charge in [0.15, 0.2) is 0 Å². The van der Waals surface area contributed by atoms with Crippen LogP contribution in [-0.2, 0) is 0 Å². The van der Waals surface area contributed by atoms with Gasteiger partial charge in [-0.2, -0.15) is 10.5 Å². The number of methoxy groups -OCH3 is 1. The van der Waals surface area contributed by atoms with Crippen molar-refractivity contribution in [3.8, 4) is 17.9 Å². The Labute approximate surface area is 200 Å². The van der Waals surface area contributed by atoms with Crippen LogP contribution in [0.15, 0.2) is 115 Å². The third-order valence-corrected chi connectivity index (χ3v) is 5.50. The Bertz CT molecular complexity index is 1390. The minimum atomic E-state index is 0.0785. The van der Waals surface area contributed by atoms with Crippen LogP contribution in [0.4, 0.5) is 0 Å². The fourth-order valence-corrected chi connectivity index (χ4v) is 3.88. The van der Waals surface area contributed by atoms with E-state index in [-0.39, 0.29) is 5.57 Å². The predicted molar refractivity (Wildman–Crippen MR) is 137 cm³/mol. The van der Waals surface area contributed by atoms with Gasteiger partial charge in [-0.05, 0) is 57.2 Å². The number of nitriles is 2. The van der Waals surface area contributed by atoms with Gasteiger partial charge in [0.1, 0.15) is 23.5 Å². The molecule has 0 bridgehead atoms. The number of hydrogen-bond acceptors (Lipinski definition) is 3. The van der Waals surface area contributed by atoms with Gasteiger partial charge < -0.3 is 4.74 Å². The lowest BCUT2D eigenvalue weighted by molar-refractivity contribution is 0.415. The van der Waals surface area contributed by atoms with Crippen LogP contribution in [0, 0.1) is 22.7 Å². The molecule has 0 heterocycles. The SMILES string of the molecule is COc1ccc(/C(=C(\c2ccccc2)c2ccc(C=C(C#N)C#N)cc2)c2ccccc2)cc1. The third-order valence-electron chi connectivity index (χ3n) is 5.50. The van der Waals surface area contributed by atoms with Crippen molar-refractivity contribution >= 4 is 17.2 Å². The van der Waals surface area contributed by atoms with Crippen LogP contribution in [0.5, 0.6) is 5.75 Å². The zero-order chi connectivity index (χ0) is 23.8. The van der Waals surface area contributed by atoms with Crippen LogP contribution in [0.1, 0.15) is 27.8 Å². The van der Waals surface area contributed by atoms with Crippen molar-refractivity contribution in [2.45, 2.75) is 0 Å². The minimum absolute atomic E-state index is 0.0785. The van der Waals surface area contributed by atoms with Crippen LogP contribution < -0.4 is 4.74 Å². The lowest BCUT2D eigenvalue weighted by Gasteiger charge is -2.18. The van der Waals surface area contributed by atoms with Gasteiger partial charge in [-0.15, -0.1) is 0 Å². The zero-order valence-corrected chi connectivity index (χ0v) is 18.8. The summed E-state index contributed by atoms with van der Waals surface area (Å²) in [4.78, 5) is 0. The van der Waals surface area contributed by atoms with Gasteiger partial charge in [-0.3, -0.25) is 0 Å². The summed E-state index contributed by atoms with van der Waals surface area (Å²) in [7, 11) is 1.67. The first kappa shape index (κ1) is 22.3. The Morgan fingerprint density at radius 2 is 1.00 bits per heavy atom. The number of nitrogens with zero attached hydrogens (tertiary/aromatic N) is 2. The van der Waals surface area contributed by atoms with E-state index < -0.39 is 0 Å². The molecule has 3 heteroatoms. The molecule has 4 rings (SSSR count). The first-order valence-corrected chi connectivity index (χ1v) is 10.9. The topological polar surface area (TPSA) is 56.8 Å². The van der Waals surface area contributed by atoms with Gasteiger partial charge in [0.25, 0.3) is 0 Å².